The maximum atomic E-state index is 11.1. The Morgan fingerprint density at radius 3 is 2.12 bits per heavy atom. The minimum absolute atomic E-state index is 0.191. The molecule has 0 aliphatic rings. The molecule has 0 amide bonds. The topological polar surface area (TPSA) is 52.6 Å². The van der Waals surface area contributed by atoms with E-state index in [0.29, 0.717) is 12.6 Å². The van der Waals surface area contributed by atoms with E-state index in [9.17, 15) is 4.79 Å². The average Bonchev–Trinajstić information content (AvgIpc) is 2.17. The highest BCUT2D eigenvalue weighted by molar-refractivity contribution is 5.73. The molecule has 4 nitrogen and oxygen atoms in total. The summed E-state index contributed by atoms with van der Waals surface area (Å²) in [6, 6.07) is 0.178. The van der Waals surface area contributed by atoms with Crippen molar-refractivity contribution in [2.45, 2.75) is 58.7 Å². The van der Waals surface area contributed by atoms with Gasteiger partial charge in [0, 0.05) is 18.6 Å². The van der Waals surface area contributed by atoms with Crippen molar-refractivity contribution in [1.82, 2.24) is 10.2 Å². The molecule has 0 aromatic carbocycles. The molecule has 0 aliphatic heterocycles. The number of nitrogens with one attached hydrogen (secondary N) is 1. The summed E-state index contributed by atoms with van der Waals surface area (Å²) in [5, 5.41) is 12.2. The molecule has 1 atom stereocenters. The van der Waals surface area contributed by atoms with Crippen LogP contribution in [-0.2, 0) is 4.79 Å². The van der Waals surface area contributed by atoms with E-state index in [1.54, 1.807) is 0 Å². The third-order valence-corrected chi connectivity index (χ3v) is 2.87. The lowest BCUT2D eigenvalue weighted by Gasteiger charge is -2.29. The summed E-state index contributed by atoms with van der Waals surface area (Å²) in [5.74, 6) is -0.772. The molecule has 0 saturated heterocycles. The Labute approximate surface area is 99.0 Å². The molecule has 0 aromatic heterocycles. The maximum Gasteiger partial charge on any atom is 0.322 e. The van der Waals surface area contributed by atoms with Gasteiger partial charge in [0.2, 0.25) is 0 Å². The molecular weight excluding hydrogens is 204 g/mol. The molecule has 16 heavy (non-hydrogen) atoms. The van der Waals surface area contributed by atoms with Crippen LogP contribution in [0.25, 0.3) is 0 Å². The molecule has 0 fully saturated rings. The molecule has 0 aromatic rings. The summed E-state index contributed by atoms with van der Waals surface area (Å²) in [7, 11) is 2.00. The number of nitrogens with zero attached hydrogens (tertiary/aromatic N) is 1. The predicted molar refractivity (Wildman–Crippen MR) is 66.7 cm³/mol. The van der Waals surface area contributed by atoms with Crippen molar-refractivity contribution < 1.29 is 9.90 Å². The van der Waals surface area contributed by atoms with Gasteiger partial charge in [0.25, 0.3) is 0 Å². The number of carboxylic acids is 1. The average molecular weight is 230 g/mol. The zero-order chi connectivity index (χ0) is 12.7. The maximum absolute atomic E-state index is 11.1. The van der Waals surface area contributed by atoms with Gasteiger partial charge in [-0.3, -0.25) is 4.79 Å². The third-order valence-electron chi connectivity index (χ3n) is 2.87. The fourth-order valence-electron chi connectivity index (χ4n) is 1.95. The van der Waals surface area contributed by atoms with Gasteiger partial charge in [0.1, 0.15) is 6.04 Å². The van der Waals surface area contributed by atoms with E-state index in [1.807, 2.05) is 20.9 Å². The number of rotatable bonds is 8. The van der Waals surface area contributed by atoms with Gasteiger partial charge in [-0.1, -0.05) is 27.7 Å². The lowest BCUT2D eigenvalue weighted by atomic mass is 10.1. The number of carboxylic acid groups (broad SMARTS) is 1. The first kappa shape index (κ1) is 15.4. The van der Waals surface area contributed by atoms with Crippen LogP contribution in [0.4, 0.5) is 0 Å². The molecule has 0 saturated carbocycles. The molecule has 1 unspecified atom stereocenters. The van der Waals surface area contributed by atoms with Gasteiger partial charge in [-0.15, -0.1) is 0 Å². The van der Waals surface area contributed by atoms with Crippen LogP contribution in [0.2, 0.25) is 0 Å². The first-order chi connectivity index (χ1) is 7.42. The Morgan fingerprint density at radius 1 is 1.31 bits per heavy atom. The van der Waals surface area contributed by atoms with E-state index in [4.69, 9.17) is 5.11 Å². The smallest absolute Gasteiger partial charge is 0.322 e. The molecule has 2 N–H and O–H groups in total. The van der Waals surface area contributed by atoms with Crippen LogP contribution in [0.1, 0.15) is 40.5 Å². The van der Waals surface area contributed by atoms with E-state index in [-0.39, 0.29) is 6.04 Å². The van der Waals surface area contributed by atoms with Gasteiger partial charge in [0.05, 0.1) is 0 Å². The van der Waals surface area contributed by atoms with Crippen LogP contribution >= 0.6 is 0 Å². The highest BCUT2D eigenvalue weighted by Crippen LogP contribution is 2.06. The zero-order valence-electron chi connectivity index (χ0n) is 11.2. The first-order valence-corrected chi connectivity index (χ1v) is 6.11. The van der Waals surface area contributed by atoms with Crippen LogP contribution in [0.3, 0.4) is 0 Å². The Bertz CT molecular complexity index is 203. The van der Waals surface area contributed by atoms with Gasteiger partial charge in [-0.25, -0.2) is 0 Å². The summed E-state index contributed by atoms with van der Waals surface area (Å²) < 4.78 is 0. The molecule has 0 heterocycles. The highest BCUT2D eigenvalue weighted by Gasteiger charge is 2.22. The minimum Gasteiger partial charge on any atom is -0.480 e. The molecule has 0 rings (SSSR count). The van der Waals surface area contributed by atoms with Gasteiger partial charge in [0.15, 0.2) is 0 Å². The number of hydrogen-bond acceptors (Lipinski definition) is 3. The molecule has 0 bridgehead atoms. The van der Waals surface area contributed by atoms with Crippen molar-refractivity contribution in [2.24, 2.45) is 0 Å². The number of likely N-dealkylation sites (N-methyl/N-ethyl adjacent to an activating group) is 1. The fraction of sp³-hybridized carbons (Fsp3) is 0.917. The SMILES string of the molecule is CCC(CC)N(C)CC(NC(C)C)C(=O)O. The van der Waals surface area contributed by atoms with Crippen LogP contribution < -0.4 is 5.32 Å². The second-order valence-corrected chi connectivity index (χ2v) is 4.62. The van der Waals surface area contributed by atoms with Crippen LogP contribution in [-0.4, -0.2) is 47.7 Å². The van der Waals surface area contributed by atoms with Crippen molar-refractivity contribution in [3.63, 3.8) is 0 Å². The minimum atomic E-state index is -0.772. The highest BCUT2D eigenvalue weighted by atomic mass is 16.4. The Hall–Kier alpha value is -0.610. The summed E-state index contributed by atoms with van der Waals surface area (Å²) in [4.78, 5) is 13.2. The van der Waals surface area contributed by atoms with Crippen molar-refractivity contribution in [2.75, 3.05) is 13.6 Å². The van der Waals surface area contributed by atoms with E-state index >= 15 is 0 Å². The summed E-state index contributed by atoms with van der Waals surface area (Å²) in [6.45, 7) is 8.76. The zero-order valence-corrected chi connectivity index (χ0v) is 11.2. The molecule has 0 spiro atoms. The molecule has 0 aliphatic carbocycles. The van der Waals surface area contributed by atoms with Crippen LogP contribution in [0, 0.1) is 0 Å². The van der Waals surface area contributed by atoms with E-state index in [2.05, 4.69) is 24.1 Å². The first-order valence-electron chi connectivity index (χ1n) is 6.11. The molecular formula is C12H26N2O2. The van der Waals surface area contributed by atoms with Gasteiger partial charge in [-0.2, -0.15) is 0 Å². The third kappa shape index (κ3) is 5.47. The van der Waals surface area contributed by atoms with Crippen molar-refractivity contribution in [1.29, 1.82) is 0 Å². The largest absolute Gasteiger partial charge is 0.480 e. The summed E-state index contributed by atoms with van der Waals surface area (Å²) in [6.07, 6.45) is 2.11. The van der Waals surface area contributed by atoms with Crippen molar-refractivity contribution in [3.8, 4) is 0 Å². The number of carbonyl (C=O) groups is 1. The number of hydrogen-bond donors (Lipinski definition) is 2. The van der Waals surface area contributed by atoms with E-state index < -0.39 is 12.0 Å². The monoisotopic (exact) mass is 230 g/mol. The van der Waals surface area contributed by atoms with Crippen molar-refractivity contribution in [3.05, 3.63) is 0 Å². The molecule has 0 radical (unpaired) electrons. The van der Waals surface area contributed by atoms with Crippen molar-refractivity contribution >= 4 is 5.97 Å². The second-order valence-electron chi connectivity index (χ2n) is 4.62. The van der Waals surface area contributed by atoms with Crippen LogP contribution in [0.15, 0.2) is 0 Å². The lowest BCUT2D eigenvalue weighted by Crippen LogP contribution is -2.49. The predicted octanol–water partition coefficient (Wildman–Crippen LogP) is 1.56. The number of aliphatic carboxylic acids is 1. The molecule has 4 heteroatoms. The summed E-state index contributed by atoms with van der Waals surface area (Å²) >= 11 is 0. The van der Waals surface area contributed by atoms with Crippen LogP contribution in [0.5, 0.6) is 0 Å². The van der Waals surface area contributed by atoms with E-state index in [0.717, 1.165) is 12.8 Å². The van der Waals surface area contributed by atoms with Gasteiger partial charge < -0.3 is 15.3 Å². The van der Waals surface area contributed by atoms with Gasteiger partial charge >= 0.3 is 5.97 Å². The Kier molecular flexibility index (Phi) is 7.34. The molecule has 96 valence electrons. The van der Waals surface area contributed by atoms with Gasteiger partial charge in [-0.05, 0) is 19.9 Å². The Morgan fingerprint density at radius 2 is 1.81 bits per heavy atom. The lowest BCUT2D eigenvalue weighted by molar-refractivity contribution is -0.140. The normalized spacial score (nSPS) is 13.8. The quantitative estimate of drug-likeness (QED) is 0.664. The fourth-order valence-corrected chi connectivity index (χ4v) is 1.95. The summed E-state index contributed by atoms with van der Waals surface area (Å²) in [5.41, 5.74) is 0. The second kappa shape index (κ2) is 7.63. The Balaban J connectivity index is 4.32. The van der Waals surface area contributed by atoms with E-state index in [1.165, 1.54) is 0 Å². The standard InChI is InChI=1S/C12H26N2O2/c1-6-10(7-2)14(5)8-11(12(15)16)13-9(3)4/h9-11,13H,6-8H2,1-5H3,(H,15,16).